The number of allylic oxidation sites excluding steroid dienone is 4. The van der Waals surface area contributed by atoms with Crippen LogP contribution in [0.5, 0.6) is 0 Å². The fraction of sp³-hybridized carbons (Fsp3) is 0.312. The Morgan fingerprint density at radius 3 is 1.62 bits per heavy atom. The van der Waals surface area contributed by atoms with Crippen LogP contribution in [0.15, 0.2) is 109 Å². The molecule has 0 saturated heterocycles. The topological polar surface area (TPSA) is 0 Å². The maximum atomic E-state index is 2.41. The molecular formula is C32H38. The zero-order chi connectivity index (χ0) is 23.0. The highest BCUT2D eigenvalue weighted by atomic mass is 14.5. The molecule has 1 aliphatic carbocycles. The van der Waals surface area contributed by atoms with Crippen LogP contribution >= 0.6 is 0 Å². The first kappa shape index (κ1) is 23.8. The fourth-order valence-corrected chi connectivity index (χ4v) is 5.05. The Morgan fingerprint density at radius 1 is 0.688 bits per heavy atom. The molecule has 0 nitrogen and oxygen atoms in total. The van der Waals surface area contributed by atoms with E-state index in [4.69, 9.17) is 0 Å². The SMILES string of the molecule is CC.CCC(C)c1ccc(C(c2ccccc2)(c2ccccc2)C2C=CC=CC2C)cc1. The third-order valence-electron chi connectivity index (χ3n) is 6.92. The van der Waals surface area contributed by atoms with Gasteiger partial charge in [-0.2, -0.15) is 0 Å². The van der Waals surface area contributed by atoms with E-state index in [1.165, 1.54) is 22.3 Å². The van der Waals surface area contributed by atoms with Gasteiger partial charge >= 0.3 is 0 Å². The van der Waals surface area contributed by atoms with E-state index in [-0.39, 0.29) is 5.41 Å². The van der Waals surface area contributed by atoms with Crippen molar-refractivity contribution in [3.8, 4) is 0 Å². The molecule has 166 valence electrons. The molecule has 0 bridgehead atoms. The van der Waals surface area contributed by atoms with Gasteiger partial charge in [-0.25, -0.2) is 0 Å². The monoisotopic (exact) mass is 422 g/mol. The van der Waals surface area contributed by atoms with E-state index in [1.807, 2.05) is 13.8 Å². The lowest BCUT2D eigenvalue weighted by Gasteiger charge is -2.44. The molecular weight excluding hydrogens is 384 g/mol. The first-order chi connectivity index (χ1) is 15.7. The van der Waals surface area contributed by atoms with Gasteiger partial charge in [0.25, 0.3) is 0 Å². The second-order valence-electron chi connectivity index (χ2n) is 8.63. The largest absolute Gasteiger partial charge is 0.0811 e. The van der Waals surface area contributed by atoms with Crippen LogP contribution in [0.4, 0.5) is 0 Å². The molecule has 3 aromatic rings. The second-order valence-corrected chi connectivity index (χ2v) is 8.63. The summed E-state index contributed by atoms with van der Waals surface area (Å²) < 4.78 is 0. The van der Waals surface area contributed by atoms with Crippen LogP contribution in [-0.2, 0) is 5.41 Å². The summed E-state index contributed by atoms with van der Waals surface area (Å²) in [7, 11) is 0. The van der Waals surface area contributed by atoms with Crippen LogP contribution in [0.3, 0.4) is 0 Å². The van der Waals surface area contributed by atoms with Gasteiger partial charge in [0.1, 0.15) is 0 Å². The summed E-state index contributed by atoms with van der Waals surface area (Å²) in [6.07, 6.45) is 10.3. The molecule has 0 fully saturated rings. The van der Waals surface area contributed by atoms with Crippen molar-refractivity contribution in [1.29, 1.82) is 0 Å². The first-order valence-electron chi connectivity index (χ1n) is 12.2. The van der Waals surface area contributed by atoms with Crippen molar-refractivity contribution >= 4 is 0 Å². The van der Waals surface area contributed by atoms with E-state index in [0.29, 0.717) is 17.8 Å². The smallest absolute Gasteiger partial charge is 0.0519 e. The number of hydrogen-bond acceptors (Lipinski definition) is 0. The van der Waals surface area contributed by atoms with Crippen molar-refractivity contribution in [3.63, 3.8) is 0 Å². The maximum absolute atomic E-state index is 2.41. The Morgan fingerprint density at radius 2 is 1.16 bits per heavy atom. The van der Waals surface area contributed by atoms with Crippen molar-refractivity contribution in [2.24, 2.45) is 11.8 Å². The molecule has 4 rings (SSSR count). The Hall–Kier alpha value is -2.86. The van der Waals surface area contributed by atoms with Crippen molar-refractivity contribution < 1.29 is 0 Å². The molecule has 3 aromatic carbocycles. The van der Waals surface area contributed by atoms with E-state index in [0.717, 1.165) is 6.42 Å². The third kappa shape index (κ3) is 4.51. The van der Waals surface area contributed by atoms with Crippen LogP contribution in [-0.4, -0.2) is 0 Å². The third-order valence-corrected chi connectivity index (χ3v) is 6.92. The predicted molar refractivity (Wildman–Crippen MR) is 140 cm³/mol. The van der Waals surface area contributed by atoms with E-state index >= 15 is 0 Å². The molecule has 0 heterocycles. The summed E-state index contributed by atoms with van der Waals surface area (Å²) in [5, 5.41) is 0. The molecule has 0 N–H and O–H groups in total. The summed E-state index contributed by atoms with van der Waals surface area (Å²) in [6, 6.07) is 31.6. The highest BCUT2D eigenvalue weighted by Gasteiger charge is 2.44. The molecule has 0 heteroatoms. The summed E-state index contributed by atoms with van der Waals surface area (Å²) >= 11 is 0. The van der Waals surface area contributed by atoms with E-state index in [1.54, 1.807) is 0 Å². The van der Waals surface area contributed by atoms with Crippen LogP contribution in [0.2, 0.25) is 0 Å². The quantitative estimate of drug-likeness (QED) is 0.348. The average Bonchev–Trinajstić information content (AvgIpc) is 2.88. The number of benzene rings is 3. The molecule has 0 spiro atoms. The van der Waals surface area contributed by atoms with Gasteiger partial charge in [0.15, 0.2) is 0 Å². The summed E-state index contributed by atoms with van der Waals surface area (Å²) in [5.74, 6) is 1.35. The van der Waals surface area contributed by atoms with Gasteiger partial charge in [-0.05, 0) is 40.5 Å². The Bertz CT molecular complexity index is 953. The molecule has 0 aliphatic heterocycles. The van der Waals surface area contributed by atoms with Crippen molar-refractivity contribution in [1.82, 2.24) is 0 Å². The lowest BCUT2D eigenvalue weighted by atomic mass is 9.58. The molecule has 0 amide bonds. The predicted octanol–water partition coefficient (Wildman–Crippen LogP) is 8.94. The van der Waals surface area contributed by atoms with Gasteiger partial charge < -0.3 is 0 Å². The maximum Gasteiger partial charge on any atom is 0.0519 e. The highest BCUT2D eigenvalue weighted by molar-refractivity contribution is 5.54. The average molecular weight is 423 g/mol. The molecule has 0 radical (unpaired) electrons. The summed E-state index contributed by atoms with van der Waals surface area (Å²) in [5.41, 5.74) is 5.25. The van der Waals surface area contributed by atoms with Gasteiger partial charge in [0, 0.05) is 5.92 Å². The molecule has 3 unspecified atom stereocenters. The molecule has 32 heavy (non-hydrogen) atoms. The van der Waals surface area contributed by atoms with Crippen LogP contribution in [0, 0.1) is 11.8 Å². The van der Waals surface area contributed by atoms with Gasteiger partial charge in [0.05, 0.1) is 5.41 Å². The highest BCUT2D eigenvalue weighted by Crippen LogP contribution is 2.49. The molecule has 0 saturated carbocycles. The van der Waals surface area contributed by atoms with Gasteiger partial charge in [-0.1, -0.05) is 144 Å². The Balaban J connectivity index is 0.00000141. The van der Waals surface area contributed by atoms with E-state index < -0.39 is 0 Å². The van der Waals surface area contributed by atoms with Crippen LogP contribution in [0.25, 0.3) is 0 Å². The lowest BCUT2D eigenvalue weighted by molar-refractivity contribution is 0.368. The van der Waals surface area contributed by atoms with E-state index in [2.05, 4.69) is 130 Å². The van der Waals surface area contributed by atoms with Gasteiger partial charge in [-0.15, -0.1) is 0 Å². The summed E-state index contributed by atoms with van der Waals surface area (Å²) in [6.45, 7) is 10.9. The number of rotatable bonds is 6. The van der Waals surface area contributed by atoms with Crippen molar-refractivity contribution in [3.05, 3.63) is 131 Å². The Kier molecular flexibility index (Phi) is 8.28. The van der Waals surface area contributed by atoms with Crippen LogP contribution < -0.4 is 0 Å². The lowest BCUT2D eigenvalue weighted by Crippen LogP contribution is -2.40. The standard InChI is InChI=1S/C30H32.C2H6/c1-4-23(2)25-19-21-28(22-20-25)30(26-14-7-5-8-15-26,27-16-9-6-10-17-27)29-18-12-11-13-24(29)3;1-2/h5-24,29H,4H2,1-3H3;1-2H3. The molecule has 3 atom stereocenters. The van der Waals surface area contributed by atoms with E-state index in [9.17, 15) is 0 Å². The number of hydrogen-bond donors (Lipinski definition) is 0. The van der Waals surface area contributed by atoms with Gasteiger partial charge in [-0.3, -0.25) is 0 Å². The normalized spacial score (nSPS) is 18.5. The minimum atomic E-state index is -0.239. The zero-order valence-electron chi connectivity index (χ0n) is 20.3. The zero-order valence-corrected chi connectivity index (χ0v) is 20.3. The fourth-order valence-electron chi connectivity index (χ4n) is 5.05. The van der Waals surface area contributed by atoms with Crippen molar-refractivity contribution in [2.45, 2.75) is 52.4 Å². The second kappa shape index (κ2) is 11.1. The minimum Gasteiger partial charge on any atom is -0.0811 e. The summed E-state index contributed by atoms with van der Waals surface area (Å²) in [4.78, 5) is 0. The van der Waals surface area contributed by atoms with Gasteiger partial charge in [0.2, 0.25) is 0 Å². The van der Waals surface area contributed by atoms with Crippen LogP contribution in [0.1, 0.15) is 69.2 Å². The molecule has 0 aromatic heterocycles. The Labute approximate surface area is 195 Å². The van der Waals surface area contributed by atoms with Crippen molar-refractivity contribution in [2.75, 3.05) is 0 Å². The molecule has 1 aliphatic rings. The first-order valence-corrected chi connectivity index (χ1v) is 12.2. The minimum absolute atomic E-state index is 0.239.